The Kier molecular flexibility index (Phi) is 3.43. The molecule has 1 saturated heterocycles. The van der Waals surface area contributed by atoms with Gasteiger partial charge < -0.3 is 10.6 Å². The third-order valence-corrected chi connectivity index (χ3v) is 3.61. The Morgan fingerprint density at radius 2 is 2.25 bits per heavy atom. The number of rotatable bonds is 3. The maximum absolute atomic E-state index is 5.67. The maximum Gasteiger partial charge on any atom is 0.168 e. The highest BCUT2D eigenvalue weighted by Crippen LogP contribution is 2.18. The number of nitrogen functional groups attached to an aromatic ring is 1. The topological polar surface area (TPSA) is 60.0 Å². The van der Waals surface area contributed by atoms with Crippen molar-refractivity contribution >= 4 is 5.82 Å². The van der Waals surface area contributed by atoms with Crippen molar-refractivity contribution in [2.45, 2.75) is 45.2 Å². The van der Waals surface area contributed by atoms with E-state index in [1.54, 1.807) is 0 Å². The second kappa shape index (κ2) is 4.82. The molecule has 1 aliphatic heterocycles. The van der Waals surface area contributed by atoms with E-state index in [9.17, 15) is 0 Å². The first-order chi connectivity index (χ1) is 7.68. The van der Waals surface area contributed by atoms with Gasteiger partial charge in [0.1, 0.15) is 0 Å². The summed E-state index contributed by atoms with van der Waals surface area (Å²) in [6, 6.07) is 0.693. The lowest BCUT2D eigenvalue weighted by Gasteiger charge is -2.32. The van der Waals surface area contributed by atoms with Crippen LogP contribution in [0.15, 0.2) is 0 Å². The summed E-state index contributed by atoms with van der Waals surface area (Å²) in [5.74, 6) is 0.553. The summed E-state index contributed by atoms with van der Waals surface area (Å²) in [5, 5.41) is 7.92. The van der Waals surface area contributed by atoms with Crippen molar-refractivity contribution in [3.05, 3.63) is 5.69 Å². The molecule has 0 bridgehead atoms. The number of likely N-dealkylation sites (tertiary alicyclic amines) is 1. The number of anilines is 1. The van der Waals surface area contributed by atoms with E-state index in [2.05, 4.69) is 22.3 Å². The van der Waals surface area contributed by atoms with E-state index >= 15 is 0 Å². The predicted octanol–water partition coefficient (Wildman–Crippen LogP) is 1.04. The van der Waals surface area contributed by atoms with Crippen molar-refractivity contribution in [1.82, 2.24) is 19.9 Å². The number of aromatic nitrogens is 3. The average Bonchev–Trinajstić information content (AvgIpc) is 2.59. The number of hydrogen-bond donors (Lipinski definition) is 1. The first kappa shape index (κ1) is 11.4. The molecule has 1 fully saturated rings. The molecule has 0 radical (unpaired) electrons. The van der Waals surface area contributed by atoms with Crippen LogP contribution in [0.25, 0.3) is 0 Å². The molecule has 2 rings (SSSR count). The summed E-state index contributed by atoms with van der Waals surface area (Å²) in [4.78, 5) is 2.46. The molecule has 0 aliphatic carbocycles. The minimum absolute atomic E-state index is 0.553. The van der Waals surface area contributed by atoms with Gasteiger partial charge in [-0.3, -0.25) is 0 Å². The first-order valence-corrected chi connectivity index (χ1v) is 6.04. The number of piperidine rings is 1. The normalized spacial score (nSPS) is 22.5. The lowest BCUT2D eigenvalue weighted by atomic mass is 10.0. The lowest BCUT2D eigenvalue weighted by Crippen LogP contribution is -2.36. The summed E-state index contributed by atoms with van der Waals surface area (Å²) in [6.07, 6.45) is 5.13. The zero-order valence-corrected chi connectivity index (χ0v) is 10.2. The largest absolute Gasteiger partial charge is 0.381 e. The maximum atomic E-state index is 5.67. The Morgan fingerprint density at radius 3 is 2.88 bits per heavy atom. The van der Waals surface area contributed by atoms with E-state index in [1.807, 2.05) is 11.6 Å². The van der Waals surface area contributed by atoms with Crippen molar-refractivity contribution in [2.75, 3.05) is 19.3 Å². The van der Waals surface area contributed by atoms with Crippen LogP contribution in [-0.2, 0) is 6.54 Å². The molecule has 0 spiro atoms. The first-order valence-electron chi connectivity index (χ1n) is 6.04. The van der Waals surface area contributed by atoms with Crippen molar-refractivity contribution in [1.29, 1.82) is 0 Å². The van der Waals surface area contributed by atoms with Crippen molar-refractivity contribution in [2.24, 2.45) is 0 Å². The smallest absolute Gasteiger partial charge is 0.168 e. The van der Waals surface area contributed by atoms with Gasteiger partial charge in [-0.1, -0.05) is 11.6 Å². The van der Waals surface area contributed by atoms with Crippen molar-refractivity contribution < 1.29 is 0 Å². The minimum Gasteiger partial charge on any atom is -0.381 e. The third-order valence-electron chi connectivity index (χ3n) is 3.61. The highest BCUT2D eigenvalue weighted by Gasteiger charge is 2.19. The van der Waals surface area contributed by atoms with Gasteiger partial charge in [-0.2, -0.15) is 0 Å². The lowest BCUT2D eigenvalue weighted by molar-refractivity contribution is 0.169. The molecule has 1 aromatic rings. The molecule has 16 heavy (non-hydrogen) atoms. The monoisotopic (exact) mass is 223 g/mol. The molecule has 2 heterocycles. The summed E-state index contributed by atoms with van der Waals surface area (Å²) >= 11 is 0. The number of nitrogens with zero attached hydrogens (tertiary/aromatic N) is 4. The van der Waals surface area contributed by atoms with Crippen LogP contribution in [0.4, 0.5) is 5.82 Å². The zero-order chi connectivity index (χ0) is 11.5. The standard InChI is InChI=1S/C11H21N5/c1-9-11(12)13-14-16(9)8-6-10-5-3-4-7-15(10)2/h10H,3-8,12H2,1-2H3. The minimum atomic E-state index is 0.553. The number of nitrogens with two attached hydrogens (primary N) is 1. The molecule has 5 heteroatoms. The molecule has 5 nitrogen and oxygen atoms in total. The molecule has 0 aromatic carbocycles. The van der Waals surface area contributed by atoms with E-state index < -0.39 is 0 Å². The van der Waals surface area contributed by atoms with Gasteiger partial charge in [-0.25, -0.2) is 4.68 Å². The van der Waals surface area contributed by atoms with Gasteiger partial charge in [0, 0.05) is 12.6 Å². The Bertz CT molecular complexity index is 346. The molecular weight excluding hydrogens is 202 g/mol. The van der Waals surface area contributed by atoms with Crippen molar-refractivity contribution in [3.63, 3.8) is 0 Å². The second-order valence-electron chi connectivity index (χ2n) is 4.70. The highest BCUT2D eigenvalue weighted by molar-refractivity contribution is 5.31. The van der Waals surface area contributed by atoms with E-state index in [4.69, 9.17) is 5.73 Å². The molecule has 1 atom stereocenters. The Hall–Kier alpha value is -1.10. The van der Waals surface area contributed by atoms with E-state index in [-0.39, 0.29) is 0 Å². The summed E-state index contributed by atoms with van der Waals surface area (Å²) in [6.45, 7) is 4.12. The SMILES string of the molecule is Cc1c(N)nnn1CCC1CCCCN1C. The van der Waals surface area contributed by atoms with Crippen LogP contribution in [0, 0.1) is 6.92 Å². The number of aryl methyl sites for hydroxylation is 1. The predicted molar refractivity (Wildman–Crippen MR) is 64.1 cm³/mol. The Balaban J connectivity index is 1.89. The molecule has 1 aliphatic rings. The fourth-order valence-corrected chi connectivity index (χ4v) is 2.37. The van der Waals surface area contributed by atoms with Crippen LogP contribution < -0.4 is 5.73 Å². The van der Waals surface area contributed by atoms with Crippen LogP contribution in [0.1, 0.15) is 31.4 Å². The van der Waals surface area contributed by atoms with Crippen LogP contribution in [0.2, 0.25) is 0 Å². The fraction of sp³-hybridized carbons (Fsp3) is 0.818. The van der Waals surface area contributed by atoms with Gasteiger partial charge in [0.2, 0.25) is 0 Å². The fourth-order valence-electron chi connectivity index (χ4n) is 2.37. The van der Waals surface area contributed by atoms with Crippen LogP contribution >= 0.6 is 0 Å². The number of hydrogen-bond acceptors (Lipinski definition) is 4. The average molecular weight is 223 g/mol. The van der Waals surface area contributed by atoms with Gasteiger partial charge >= 0.3 is 0 Å². The Morgan fingerprint density at radius 1 is 1.44 bits per heavy atom. The van der Waals surface area contributed by atoms with E-state index in [0.29, 0.717) is 11.9 Å². The van der Waals surface area contributed by atoms with Crippen LogP contribution in [0.5, 0.6) is 0 Å². The van der Waals surface area contributed by atoms with Gasteiger partial charge in [0.15, 0.2) is 5.82 Å². The van der Waals surface area contributed by atoms with Crippen LogP contribution in [0.3, 0.4) is 0 Å². The van der Waals surface area contributed by atoms with E-state index in [0.717, 1.165) is 18.7 Å². The Labute approximate surface area is 96.6 Å². The van der Waals surface area contributed by atoms with Crippen molar-refractivity contribution in [3.8, 4) is 0 Å². The van der Waals surface area contributed by atoms with Gasteiger partial charge in [0.25, 0.3) is 0 Å². The van der Waals surface area contributed by atoms with Gasteiger partial charge in [-0.05, 0) is 39.8 Å². The molecule has 1 aromatic heterocycles. The third kappa shape index (κ3) is 2.35. The van der Waals surface area contributed by atoms with Crippen LogP contribution in [-0.4, -0.2) is 39.5 Å². The highest BCUT2D eigenvalue weighted by atomic mass is 15.4. The zero-order valence-electron chi connectivity index (χ0n) is 10.2. The second-order valence-corrected chi connectivity index (χ2v) is 4.70. The molecular formula is C11H21N5. The van der Waals surface area contributed by atoms with Gasteiger partial charge in [0.05, 0.1) is 5.69 Å². The molecule has 90 valence electrons. The molecule has 0 amide bonds. The summed E-state index contributed by atoms with van der Waals surface area (Å²) in [5.41, 5.74) is 6.66. The quantitative estimate of drug-likeness (QED) is 0.832. The summed E-state index contributed by atoms with van der Waals surface area (Å²) in [7, 11) is 2.21. The summed E-state index contributed by atoms with van der Waals surface area (Å²) < 4.78 is 1.91. The molecule has 0 saturated carbocycles. The van der Waals surface area contributed by atoms with E-state index in [1.165, 1.54) is 25.8 Å². The van der Waals surface area contributed by atoms with Gasteiger partial charge in [-0.15, -0.1) is 5.10 Å². The molecule has 2 N–H and O–H groups in total. The molecule has 1 unspecified atom stereocenters.